The fraction of sp³-hybridized carbons (Fsp3) is 0.556. The molecule has 0 unspecified atom stereocenters. The lowest BCUT2D eigenvalue weighted by atomic mass is 10.1. The maximum atomic E-state index is 5.79. The van der Waals surface area contributed by atoms with Gasteiger partial charge in [-0.3, -0.25) is 9.80 Å². The van der Waals surface area contributed by atoms with Crippen LogP contribution in [0.1, 0.15) is 25.3 Å². The summed E-state index contributed by atoms with van der Waals surface area (Å²) < 4.78 is 5.79. The summed E-state index contributed by atoms with van der Waals surface area (Å²) in [6.07, 6.45) is 4.53. The van der Waals surface area contributed by atoms with Gasteiger partial charge in [0.2, 0.25) is 0 Å². The van der Waals surface area contributed by atoms with E-state index in [0.29, 0.717) is 12.6 Å². The fourth-order valence-corrected chi connectivity index (χ4v) is 3.61. The standard InChI is InChI=1S/C18H26N2O/c1-3-11-21-18-9-5-4-7-16(18)13-20-14-17-8-6-10-19(17)12-15(20)2/h3-5,7,9,15,17H,1,6,8,10-14H2,2H3/t15-,17-/m0/s1. The lowest BCUT2D eigenvalue weighted by molar-refractivity contribution is 0.0534. The average molecular weight is 286 g/mol. The topological polar surface area (TPSA) is 15.7 Å². The second-order valence-electron chi connectivity index (χ2n) is 6.28. The van der Waals surface area contributed by atoms with Crippen molar-refractivity contribution in [3.8, 4) is 5.75 Å². The molecular weight excluding hydrogens is 260 g/mol. The largest absolute Gasteiger partial charge is 0.489 e. The lowest BCUT2D eigenvalue weighted by Gasteiger charge is -2.42. The van der Waals surface area contributed by atoms with Crippen LogP contribution in [0.4, 0.5) is 0 Å². The minimum absolute atomic E-state index is 0.572. The molecule has 3 nitrogen and oxygen atoms in total. The van der Waals surface area contributed by atoms with E-state index in [1.54, 1.807) is 6.08 Å². The van der Waals surface area contributed by atoms with Crippen molar-refractivity contribution in [3.63, 3.8) is 0 Å². The minimum Gasteiger partial charge on any atom is -0.489 e. The Bertz CT molecular complexity index is 488. The molecule has 0 amide bonds. The molecule has 0 aliphatic carbocycles. The molecule has 2 aliphatic heterocycles. The number of hydrogen-bond donors (Lipinski definition) is 0. The van der Waals surface area contributed by atoms with Gasteiger partial charge in [-0.05, 0) is 32.4 Å². The SMILES string of the molecule is C=CCOc1ccccc1CN1C[C@@H]2CCCN2C[C@@H]1C. The van der Waals surface area contributed by atoms with Crippen LogP contribution >= 0.6 is 0 Å². The predicted octanol–water partition coefficient (Wildman–Crippen LogP) is 2.92. The number of hydrogen-bond acceptors (Lipinski definition) is 3. The molecule has 3 heteroatoms. The van der Waals surface area contributed by atoms with Gasteiger partial charge in [0.05, 0.1) is 0 Å². The minimum atomic E-state index is 0.572. The summed E-state index contributed by atoms with van der Waals surface area (Å²) in [4.78, 5) is 5.28. The maximum absolute atomic E-state index is 5.79. The van der Waals surface area contributed by atoms with Crippen LogP contribution in [0.2, 0.25) is 0 Å². The predicted molar refractivity (Wildman–Crippen MR) is 86.6 cm³/mol. The number of para-hydroxylation sites is 1. The van der Waals surface area contributed by atoms with E-state index in [2.05, 4.69) is 41.5 Å². The van der Waals surface area contributed by atoms with Gasteiger partial charge in [0.25, 0.3) is 0 Å². The van der Waals surface area contributed by atoms with E-state index in [4.69, 9.17) is 4.74 Å². The molecule has 1 aromatic carbocycles. The molecule has 2 atom stereocenters. The van der Waals surface area contributed by atoms with Crippen LogP contribution in [0.15, 0.2) is 36.9 Å². The Morgan fingerprint density at radius 1 is 1.33 bits per heavy atom. The van der Waals surface area contributed by atoms with Crippen molar-refractivity contribution in [3.05, 3.63) is 42.5 Å². The molecule has 0 N–H and O–H groups in total. The zero-order valence-electron chi connectivity index (χ0n) is 13.0. The third-order valence-electron chi connectivity index (χ3n) is 4.77. The van der Waals surface area contributed by atoms with Gasteiger partial charge in [0.15, 0.2) is 0 Å². The van der Waals surface area contributed by atoms with E-state index < -0.39 is 0 Å². The van der Waals surface area contributed by atoms with Crippen molar-refractivity contribution in [2.75, 3.05) is 26.2 Å². The van der Waals surface area contributed by atoms with E-state index in [0.717, 1.165) is 18.3 Å². The highest BCUT2D eigenvalue weighted by molar-refractivity contribution is 5.33. The van der Waals surface area contributed by atoms with Crippen LogP contribution in [0, 0.1) is 0 Å². The molecule has 0 bridgehead atoms. The second-order valence-corrected chi connectivity index (χ2v) is 6.28. The highest BCUT2D eigenvalue weighted by Crippen LogP contribution is 2.27. The molecule has 3 rings (SSSR count). The van der Waals surface area contributed by atoms with Gasteiger partial charge in [-0.15, -0.1) is 0 Å². The number of nitrogens with zero attached hydrogens (tertiary/aromatic N) is 2. The third kappa shape index (κ3) is 3.30. The van der Waals surface area contributed by atoms with Gasteiger partial charge < -0.3 is 4.74 Å². The number of fused-ring (bicyclic) bond motifs is 1. The van der Waals surface area contributed by atoms with Crippen molar-refractivity contribution < 1.29 is 4.74 Å². The van der Waals surface area contributed by atoms with Crippen molar-refractivity contribution in [2.24, 2.45) is 0 Å². The molecule has 2 saturated heterocycles. The van der Waals surface area contributed by atoms with E-state index >= 15 is 0 Å². The van der Waals surface area contributed by atoms with Crippen LogP contribution in [0.3, 0.4) is 0 Å². The summed E-state index contributed by atoms with van der Waals surface area (Å²) in [5.41, 5.74) is 1.29. The first kappa shape index (κ1) is 14.6. The van der Waals surface area contributed by atoms with Crippen molar-refractivity contribution in [2.45, 2.75) is 38.4 Å². The Morgan fingerprint density at radius 3 is 3.05 bits per heavy atom. The van der Waals surface area contributed by atoms with Crippen LogP contribution in [0.5, 0.6) is 5.75 Å². The first-order valence-electron chi connectivity index (χ1n) is 8.07. The molecule has 2 fully saturated rings. The van der Waals surface area contributed by atoms with Gasteiger partial charge in [-0.1, -0.05) is 30.9 Å². The number of piperazine rings is 1. The Labute approximate surface area is 128 Å². The lowest BCUT2D eigenvalue weighted by Crippen LogP contribution is -2.54. The van der Waals surface area contributed by atoms with Crippen LogP contribution < -0.4 is 4.74 Å². The zero-order valence-corrected chi connectivity index (χ0v) is 13.0. The van der Waals surface area contributed by atoms with E-state index in [9.17, 15) is 0 Å². The summed E-state index contributed by atoms with van der Waals surface area (Å²) >= 11 is 0. The number of benzene rings is 1. The van der Waals surface area contributed by atoms with Gasteiger partial charge in [-0.2, -0.15) is 0 Å². The van der Waals surface area contributed by atoms with Crippen LogP contribution in [-0.2, 0) is 6.54 Å². The van der Waals surface area contributed by atoms with E-state index in [-0.39, 0.29) is 0 Å². The molecular formula is C18H26N2O. The normalized spacial score (nSPS) is 26.5. The van der Waals surface area contributed by atoms with E-state index in [1.165, 1.54) is 38.0 Å². The molecule has 0 aromatic heterocycles. The fourth-order valence-electron chi connectivity index (χ4n) is 3.61. The molecule has 2 heterocycles. The smallest absolute Gasteiger partial charge is 0.124 e. The molecule has 114 valence electrons. The first-order chi connectivity index (χ1) is 10.3. The third-order valence-corrected chi connectivity index (χ3v) is 4.77. The van der Waals surface area contributed by atoms with Gasteiger partial charge >= 0.3 is 0 Å². The second kappa shape index (κ2) is 6.63. The molecule has 21 heavy (non-hydrogen) atoms. The van der Waals surface area contributed by atoms with Crippen molar-refractivity contribution >= 4 is 0 Å². The van der Waals surface area contributed by atoms with Crippen LogP contribution in [-0.4, -0.2) is 48.1 Å². The monoisotopic (exact) mass is 286 g/mol. The highest BCUT2D eigenvalue weighted by atomic mass is 16.5. The summed E-state index contributed by atoms with van der Waals surface area (Å²) in [6.45, 7) is 11.3. The number of ether oxygens (including phenoxy) is 1. The van der Waals surface area contributed by atoms with Gasteiger partial charge in [-0.25, -0.2) is 0 Å². The summed E-state index contributed by atoms with van der Waals surface area (Å²) in [7, 11) is 0. The molecule has 1 aromatic rings. The Hall–Kier alpha value is -1.32. The quantitative estimate of drug-likeness (QED) is 0.774. The highest BCUT2D eigenvalue weighted by Gasteiger charge is 2.34. The molecule has 2 aliphatic rings. The van der Waals surface area contributed by atoms with Crippen LogP contribution in [0.25, 0.3) is 0 Å². The Balaban J connectivity index is 1.69. The Morgan fingerprint density at radius 2 is 2.19 bits per heavy atom. The molecule has 0 spiro atoms. The first-order valence-corrected chi connectivity index (χ1v) is 8.07. The molecule has 0 saturated carbocycles. The Kier molecular flexibility index (Phi) is 4.61. The van der Waals surface area contributed by atoms with E-state index in [1.807, 2.05) is 6.07 Å². The van der Waals surface area contributed by atoms with Crippen molar-refractivity contribution in [1.82, 2.24) is 9.80 Å². The summed E-state index contributed by atoms with van der Waals surface area (Å²) in [6, 6.07) is 9.78. The average Bonchev–Trinajstić information content (AvgIpc) is 2.94. The van der Waals surface area contributed by atoms with Gasteiger partial charge in [0, 0.05) is 37.3 Å². The van der Waals surface area contributed by atoms with Crippen molar-refractivity contribution in [1.29, 1.82) is 0 Å². The number of rotatable bonds is 5. The zero-order chi connectivity index (χ0) is 14.7. The maximum Gasteiger partial charge on any atom is 0.124 e. The summed E-state index contributed by atoms with van der Waals surface area (Å²) in [5.74, 6) is 0.999. The molecule has 0 radical (unpaired) electrons. The summed E-state index contributed by atoms with van der Waals surface area (Å²) in [5, 5.41) is 0. The van der Waals surface area contributed by atoms with Gasteiger partial charge in [0.1, 0.15) is 12.4 Å².